The number of ether oxygens (including phenoxy) is 2. The van der Waals surface area contributed by atoms with Crippen LogP contribution in [0, 0.1) is 5.92 Å². The minimum atomic E-state index is 0.491. The fourth-order valence-electron chi connectivity index (χ4n) is 2.02. The molecule has 0 saturated carbocycles. The molecular weight excluding hydrogens is 202 g/mol. The van der Waals surface area contributed by atoms with Gasteiger partial charge in [-0.3, -0.25) is 0 Å². The predicted octanol–water partition coefficient (Wildman–Crippen LogP) is 2.47. The second-order valence-electron chi connectivity index (χ2n) is 3.95. The Morgan fingerprint density at radius 3 is 2.62 bits per heavy atom. The zero-order valence-corrected chi connectivity index (χ0v) is 9.75. The second kappa shape index (κ2) is 4.47. The first-order valence-electron chi connectivity index (χ1n) is 5.39. The molecule has 86 valence electrons. The monoisotopic (exact) mass is 219 g/mol. The molecule has 0 aromatic heterocycles. The Labute approximate surface area is 96.1 Å². The third kappa shape index (κ3) is 1.85. The van der Waals surface area contributed by atoms with Gasteiger partial charge in [0.15, 0.2) is 11.5 Å². The highest BCUT2D eigenvalue weighted by Crippen LogP contribution is 2.36. The van der Waals surface area contributed by atoms with Crippen LogP contribution in [0.4, 0.5) is 5.69 Å². The fraction of sp³-hybridized carbons (Fsp3) is 0.385. The highest BCUT2D eigenvalue weighted by molar-refractivity contribution is 5.62. The summed E-state index contributed by atoms with van der Waals surface area (Å²) in [6.07, 6.45) is 3.00. The minimum absolute atomic E-state index is 0.491. The Morgan fingerprint density at radius 1 is 1.31 bits per heavy atom. The number of rotatable bonds is 3. The molecule has 0 saturated heterocycles. The Bertz CT molecular complexity index is 401. The maximum Gasteiger partial charge on any atom is 0.162 e. The van der Waals surface area contributed by atoms with Crippen LogP contribution in [-0.2, 0) is 6.42 Å². The Balaban J connectivity index is 2.37. The van der Waals surface area contributed by atoms with Crippen molar-refractivity contribution in [1.82, 2.24) is 0 Å². The Kier molecular flexibility index (Phi) is 3.04. The molecule has 3 heteroatoms. The molecule has 1 aliphatic heterocycles. The van der Waals surface area contributed by atoms with Gasteiger partial charge in [-0.15, -0.1) is 6.58 Å². The lowest BCUT2D eigenvalue weighted by Crippen LogP contribution is -2.21. The van der Waals surface area contributed by atoms with Crippen LogP contribution in [0.3, 0.4) is 0 Å². The van der Waals surface area contributed by atoms with Gasteiger partial charge in [-0.2, -0.15) is 0 Å². The summed E-state index contributed by atoms with van der Waals surface area (Å²) in [6, 6.07) is 4.03. The van der Waals surface area contributed by atoms with E-state index in [1.54, 1.807) is 14.2 Å². The van der Waals surface area contributed by atoms with Crippen molar-refractivity contribution < 1.29 is 9.47 Å². The average molecular weight is 219 g/mol. The van der Waals surface area contributed by atoms with E-state index in [2.05, 4.69) is 11.9 Å². The van der Waals surface area contributed by atoms with Crippen LogP contribution < -0.4 is 14.8 Å². The highest BCUT2D eigenvalue weighted by Gasteiger charge is 2.18. The van der Waals surface area contributed by atoms with Gasteiger partial charge >= 0.3 is 0 Å². The molecule has 0 aliphatic carbocycles. The predicted molar refractivity (Wildman–Crippen MR) is 65.4 cm³/mol. The topological polar surface area (TPSA) is 30.5 Å². The number of benzene rings is 1. The minimum Gasteiger partial charge on any atom is -0.493 e. The van der Waals surface area contributed by atoms with Crippen LogP contribution in [-0.4, -0.2) is 20.8 Å². The molecule has 1 aliphatic rings. The van der Waals surface area contributed by atoms with Crippen LogP contribution in [0.15, 0.2) is 24.8 Å². The molecule has 1 N–H and O–H groups in total. The van der Waals surface area contributed by atoms with E-state index in [1.807, 2.05) is 18.2 Å². The van der Waals surface area contributed by atoms with Crippen LogP contribution in [0.25, 0.3) is 0 Å². The Hall–Kier alpha value is -1.64. The lowest BCUT2D eigenvalue weighted by molar-refractivity contribution is 0.354. The smallest absolute Gasteiger partial charge is 0.162 e. The molecule has 2 rings (SSSR count). The van der Waals surface area contributed by atoms with Gasteiger partial charge in [-0.25, -0.2) is 0 Å². The summed E-state index contributed by atoms with van der Waals surface area (Å²) in [5.74, 6) is 2.05. The summed E-state index contributed by atoms with van der Waals surface area (Å²) in [5, 5.41) is 3.38. The molecule has 0 bridgehead atoms. The van der Waals surface area contributed by atoms with Crippen molar-refractivity contribution in [2.75, 3.05) is 26.1 Å². The van der Waals surface area contributed by atoms with Crippen molar-refractivity contribution in [3.63, 3.8) is 0 Å². The largest absolute Gasteiger partial charge is 0.493 e. The van der Waals surface area contributed by atoms with Crippen molar-refractivity contribution >= 4 is 5.69 Å². The van der Waals surface area contributed by atoms with E-state index in [9.17, 15) is 0 Å². The number of nitrogens with one attached hydrogen (secondary N) is 1. The number of anilines is 1. The van der Waals surface area contributed by atoms with E-state index in [1.165, 1.54) is 5.56 Å². The first-order chi connectivity index (χ1) is 7.78. The number of methoxy groups -OCH3 is 2. The van der Waals surface area contributed by atoms with Gasteiger partial charge in [0.2, 0.25) is 0 Å². The SMILES string of the molecule is C=CC1CNc2cc(OC)c(OC)cc2C1. The van der Waals surface area contributed by atoms with Crippen molar-refractivity contribution in [2.45, 2.75) is 6.42 Å². The van der Waals surface area contributed by atoms with Gasteiger partial charge in [-0.05, 0) is 24.0 Å². The van der Waals surface area contributed by atoms with Crippen LogP contribution in [0.1, 0.15) is 5.56 Å². The molecule has 0 amide bonds. The van der Waals surface area contributed by atoms with Crippen molar-refractivity contribution in [3.05, 3.63) is 30.4 Å². The van der Waals surface area contributed by atoms with E-state index in [0.717, 1.165) is 30.2 Å². The zero-order valence-electron chi connectivity index (χ0n) is 9.75. The third-order valence-corrected chi connectivity index (χ3v) is 2.98. The fourth-order valence-corrected chi connectivity index (χ4v) is 2.02. The molecule has 0 radical (unpaired) electrons. The van der Waals surface area contributed by atoms with Crippen molar-refractivity contribution in [3.8, 4) is 11.5 Å². The van der Waals surface area contributed by atoms with Gasteiger partial charge in [0, 0.05) is 18.3 Å². The van der Waals surface area contributed by atoms with Gasteiger partial charge in [-0.1, -0.05) is 6.08 Å². The number of fused-ring (bicyclic) bond motifs is 1. The van der Waals surface area contributed by atoms with Gasteiger partial charge in [0.05, 0.1) is 14.2 Å². The third-order valence-electron chi connectivity index (χ3n) is 2.98. The van der Waals surface area contributed by atoms with Crippen LogP contribution in [0.5, 0.6) is 11.5 Å². The quantitative estimate of drug-likeness (QED) is 0.792. The van der Waals surface area contributed by atoms with Crippen LogP contribution >= 0.6 is 0 Å². The van der Waals surface area contributed by atoms with Crippen LogP contribution in [0.2, 0.25) is 0 Å². The molecule has 0 spiro atoms. The van der Waals surface area contributed by atoms with E-state index < -0.39 is 0 Å². The molecule has 1 aromatic carbocycles. The summed E-state index contributed by atoms with van der Waals surface area (Å²) in [7, 11) is 3.31. The molecule has 3 nitrogen and oxygen atoms in total. The summed E-state index contributed by atoms with van der Waals surface area (Å²) in [6.45, 7) is 4.77. The van der Waals surface area contributed by atoms with E-state index in [0.29, 0.717) is 5.92 Å². The standard InChI is InChI=1S/C13H17NO2/c1-4-9-5-10-6-12(15-2)13(16-3)7-11(10)14-8-9/h4,6-7,9,14H,1,5,8H2,2-3H3. The first kappa shape index (κ1) is 10.9. The number of hydrogen-bond donors (Lipinski definition) is 1. The maximum atomic E-state index is 5.29. The lowest BCUT2D eigenvalue weighted by atomic mass is 9.94. The summed E-state index contributed by atoms with van der Waals surface area (Å²) in [4.78, 5) is 0. The normalized spacial score (nSPS) is 18.2. The molecule has 16 heavy (non-hydrogen) atoms. The van der Waals surface area contributed by atoms with Crippen molar-refractivity contribution in [2.24, 2.45) is 5.92 Å². The number of hydrogen-bond acceptors (Lipinski definition) is 3. The summed E-state index contributed by atoms with van der Waals surface area (Å²) in [5.41, 5.74) is 2.39. The molecule has 1 aromatic rings. The van der Waals surface area contributed by atoms with Gasteiger partial charge in [0.1, 0.15) is 0 Å². The summed E-state index contributed by atoms with van der Waals surface area (Å²) >= 11 is 0. The molecule has 1 heterocycles. The van der Waals surface area contributed by atoms with E-state index >= 15 is 0 Å². The molecular formula is C13H17NO2. The Morgan fingerprint density at radius 2 is 2.00 bits per heavy atom. The van der Waals surface area contributed by atoms with Gasteiger partial charge < -0.3 is 14.8 Å². The van der Waals surface area contributed by atoms with Crippen molar-refractivity contribution in [1.29, 1.82) is 0 Å². The molecule has 0 fully saturated rings. The highest BCUT2D eigenvalue weighted by atomic mass is 16.5. The van der Waals surface area contributed by atoms with E-state index in [-0.39, 0.29) is 0 Å². The second-order valence-corrected chi connectivity index (χ2v) is 3.95. The summed E-state index contributed by atoms with van der Waals surface area (Å²) < 4.78 is 10.6. The molecule has 1 atom stereocenters. The lowest BCUT2D eigenvalue weighted by Gasteiger charge is -2.25. The first-order valence-corrected chi connectivity index (χ1v) is 5.39. The zero-order chi connectivity index (χ0) is 11.5. The maximum absolute atomic E-state index is 5.29. The average Bonchev–Trinajstić information content (AvgIpc) is 2.36. The van der Waals surface area contributed by atoms with Gasteiger partial charge in [0.25, 0.3) is 0 Å². The molecule has 1 unspecified atom stereocenters. The van der Waals surface area contributed by atoms with E-state index in [4.69, 9.17) is 9.47 Å².